The summed E-state index contributed by atoms with van der Waals surface area (Å²) in [6.45, 7) is 5.90. The van der Waals surface area contributed by atoms with E-state index in [1.165, 1.54) is 5.56 Å². The van der Waals surface area contributed by atoms with Gasteiger partial charge in [-0.1, -0.05) is 44.2 Å². The summed E-state index contributed by atoms with van der Waals surface area (Å²) in [4.78, 5) is 8.73. The van der Waals surface area contributed by atoms with Crippen LogP contribution in [0, 0.1) is 0 Å². The van der Waals surface area contributed by atoms with Crippen molar-refractivity contribution in [2.75, 3.05) is 20.1 Å². The SMILES string of the molecule is CN=C(NCCc1nc(-c2ccco2)n[nH]1)NCC(C)(C)c1ccccc1.I. The van der Waals surface area contributed by atoms with E-state index < -0.39 is 0 Å². The van der Waals surface area contributed by atoms with Gasteiger partial charge in [0, 0.05) is 32.0 Å². The number of hydrogen-bond donors (Lipinski definition) is 3. The molecule has 2 heterocycles. The van der Waals surface area contributed by atoms with Crippen LogP contribution in [0.5, 0.6) is 0 Å². The van der Waals surface area contributed by atoms with E-state index in [9.17, 15) is 0 Å². The molecule has 7 nitrogen and oxygen atoms in total. The van der Waals surface area contributed by atoms with Crippen LogP contribution in [0.25, 0.3) is 11.6 Å². The summed E-state index contributed by atoms with van der Waals surface area (Å²) in [5, 5.41) is 13.8. The number of aromatic nitrogens is 3. The van der Waals surface area contributed by atoms with Crippen LogP contribution in [0.3, 0.4) is 0 Å². The van der Waals surface area contributed by atoms with Crippen LogP contribution >= 0.6 is 24.0 Å². The van der Waals surface area contributed by atoms with E-state index in [4.69, 9.17) is 4.42 Å². The maximum Gasteiger partial charge on any atom is 0.216 e. The lowest BCUT2D eigenvalue weighted by Gasteiger charge is -2.26. The van der Waals surface area contributed by atoms with E-state index in [1.54, 1.807) is 13.3 Å². The van der Waals surface area contributed by atoms with E-state index in [-0.39, 0.29) is 29.4 Å². The van der Waals surface area contributed by atoms with Crippen molar-refractivity contribution < 1.29 is 4.42 Å². The third-order valence-corrected chi connectivity index (χ3v) is 4.40. The maximum atomic E-state index is 5.30. The molecule has 8 heteroatoms. The molecule has 0 saturated heterocycles. The number of H-pyrrole nitrogens is 1. The van der Waals surface area contributed by atoms with Gasteiger partial charge in [0.25, 0.3) is 0 Å². The van der Waals surface area contributed by atoms with Gasteiger partial charge in [-0.15, -0.1) is 24.0 Å². The van der Waals surface area contributed by atoms with Gasteiger partial charge in [-0.05, 0) is 17.7 Å². The Labute approximate surface area is 182 Å². The number of hydrogen-bond acceptors (Lipinski definition) is 4. The lowest BCUT2D eigenvalue weighted by atomic mass is 9.85. The fourth-order valence-electron chi connectivity index (χ4n) is 2.74. The molecule has 28 heavy (non-hydrogen) atoms. The number of nitrogens with one attached hydrogen (secondary N) is 3. The Hall–Kier alpha value is -2.36. The number of nitrogens with zero attached hydrogens (tertiary/aromatic N) is 3. The van der Waals surface area contributed by atoms with Crippen molar-refractivity contribution in [3.63, 3.8) is 0 Å². The molecule has 1 aromatic carbocycles. The standard InChI is InChI=1S/C20H26N6O.HI/c1-20(2,15-8-5-4-6-9-15)14-23-19(21-3)22-12-11-17-24-18(26-25-17)16-10-7-13-27-16;/h4-10,13H,11-12,14H2,1-3H3,(H2,21,22,23)(H,24,25,26);1H. The van der Waals surface area contributed by atoms with Crippen molar-refractivity contribution in [2.24, 2.45) is 4.99 Å². The van der Waals surface area contributed by atoms with Crippen LogP contribution < -0.4 is 10.6 Å². The van der Waals surface area contributed by atoms with Gasteiger partial charge in [-0.3, -0.25) is 10.1 Å². The van der Waals surface area contributed by atoms with Gasteiger partial charge >= 0.3 is 0 Å². The summed E-state index contributed by atoms with van der Waals surface area (Å²) in [6, 6.07) is 14.1. The smallest absolute Gasteiger partial charge is 0.216 e. The van der Waals surface area contributed by atoms with Crippen LogP contribution in [0.1, 0.15) is 25.2 Å². The Bertz CT molecular complexity index is 858. The molecule has 0 unspecified atom stereocenters. The topological polar surface area (TPSA) is 91.1 Å². The summed E-state index contributed by atoms with van der Waals surface area (Å²) in [5.74, 6) is 2.80. The van der Waals surface area contributed by atoms with Crippen LogP contribution in [0.4, 0.5) is 0 Å². The highest BCUT2D eigenvalue weighted by molar-refractivity contribution is 14.0. The summed E-state index contributed by atoms with van der Waals surface area (Å²) in [7, 11) is 1.77. The van der Waals surface area contributed by atoms with Gasteiger partial charge in [0.05, 0.1) is 6.26 Å². The fourth-order valence-corrected chi connectivity index (χ4v) is 2.74. The molecule has 0 atom stereocenters. The molecule has 0 aliphatic rings. The first-order valence-electron chi connectivity index (χ1n) is 9.04. The predicted octanol–water partition coefficient (Wildman–Crippen LogP) is 3.37. The average Bonchev–Trinajstić information content (AvgIpc) is 3.37. The summed E-state index contributed by atoms with van der Waals surface area (Å²) >= 11 is 0. The van der Waals surface area contributed by atoms with Crippen molar-refractivity contribution in [2.45, 2.75) is 25.7 Å². The molecule has 0 bridgehead atoms. The Morgan fingerprint density at radius 3 is 2.61 bits per heavy atom. The monoisotopic (exact) mass is 494 g/mol. The van der Waals surface area contributed by atoms with Crippen molar-refractivity contribution in [3.8, 4) is 11.6 Å². The number of rotatable bonds is 7. The lowest BCUT2D eigenvalue weighted by Crippen LogP contribution is -2.44. The van der Waals surface area contributed by atoms with Crippen molar-refractivity contribution in [3.05, 3.63) is 60.1 Å². The number of guanidine groups is 1. The summed E-state index contributed by atoms with van der Waals surface area (Å²) in [6.07, 6.45) is 2.32. The maximum absolute atomic E-state index is 5.30. The minimum atomic E-state index is 0. The molecule has 0 spiro atoms. The second kappa shape index (κ2) is 10.3. The number of furan rings is 1. The van der Waals surface area contributed by atoms with Crippen LogP contribution in [-0.4, -0.2) is 41.3 Å². The van der Waals surface area contributed by atoms with E-state index in [0.717, 1.165) is 18.3 Å². The van der Waals surface area contributed by atoms with Crippen molar-refractivity contribution >= 4 is 29.9 Å². The minimum Gasteiger partial charge on any atom is -0.461 e. The molecule has 3 N–H and O–H groups in total. The van der Waals surface area contributed by atoms with Crippen LogP contribution in [0.15, 0.2) is 58.1 Å². The van der Waals surface area contributed by atoms with Gasteiger partial charge in [0.15, 0.2) is 11.7 Å². The third kappa shape index (κ3) is 5.82. The molecular weight excluding hydrogens is 467 g/mol. The number of aliphatic imine (C=N–C) groups is 1. The quantitative estimate of drug-likeness (QED) is 0.266. The molecule has 3 rings (SSSR count). The zero-order valence-electron chi connectivity index (χ0n) is 16.4. The first kappa shape index (κ1) is 21.9. The van der Waals surface area contributed by atoms with Gasteiger partial charge in [-0.2, -0.15) is 5.10 Å². The third-order valence-electron chi connectivity index (χ3n) is 4.40. The Morgan fingerprint density at radius 2 is 1.93 bits per heavy atom. The summed E-state index contributed by atoms with van der Waals surface area (Å²) in [5.41, 5.74) is 1.29. The Kier molecular flexibility index (Phi) is 8.04. The van der Waals surface area contributed by atoms with Gasteiger partial charge in [-0.25, -0.2) is 4.98 Å². The molecule has 0 fully saturated rings. The average molecular weight is 494 g/mol. The molecule has 0 aliphatic heterocycles. The number of benzene rings is 1. The normalized spacial score (nSPS) is 11.8. The van der Waals surface area contributed by atoms with E-state index in [2.05, 4.69) is 68.9 Å². The van der Waals surface area contributed by atoms with Gasteiger partial charge < -0.3 is 15.1 Å². The molecule has 3 aromatic rings. The molecule has 2 aromatic heterocycles. The molecule has 0 saturated carbocycles. The first-order valence-corrected chi connectivity index (χ1v) is 9.04. The highest BCUT2D eigenvalue weighted by atomic mass is 127. The van der Waals surface area contributed by atoms with E-state index in [1.807, 2.05) is 18.2 Å². The lowest BCUT2D eigenvalue weighted by molar-refractivity contribution is 0.508. The van der Waals surface area contributed by atoms with Gasteiger partial charge in [0.2, 0.25) is 5.82 Å². The highest BCUT2D eigenvalue weighted by Crippen LogP contribution is 2.21. The number of halogens is 1. The van der Waals surface area contributed by atoms with Crippen LogP contribution in [-0.2, 0) is 11.8 Å². The molecular formula is C20H27IN6O. The minimum absolute atomic E-state index is 0. The molecule has 0 radical (unpaired) electrons. The summed E-state index contributed by atoms with van der Waals surface area (Å²) < 4.78 is 5.30. The van der Waals surface area contributed by atoms with E-state index in [0.29, 0.717) is 24.6 Å². The zero-order chi connectivity index (χ0) is 19.1. The van der Waals surface area contributed by atoms with Crippen molar-refractivity contribution in [1.29, 1.82) is 0 Å². The largest absolute Gasteiger partial charge is 0.461 e. The Balaban J connectivity index is 0.00000280. The zero-order valence-corrected chi connectivity index (χ0v) is 18.7. The fraction of sp³-hybridized carbons (Fsp3) is 0.350. The van der Waals surface area contributed by atoms with Gasteiger partial charge in [0.1, 0.15) is 5.82 Å². The molecule has 0 aliphatic carbocycles. The predicted molar refractivity (Wildman–Crippen MR) is 122 cm³/mol. The van der Waals surface area contributed by atoms with Crippen LogP contribution in [0.2, 0.25) is 0 Å². The van der Waals surface area contributed by atoms with Crippen molar-refractivity contribution in [1.82, 2.24) is 25.8 Å². The molecule has 150 valence electrons. The second-order valence-electron chi connectivity index (χ2n) is 6.94. The highest BCUT2D eigenvalue weighted by Gasteiger charge is 2.20. The number of aromatic amines is 1. The molecule has 0 amide bonds. The first-order chi connectivity index (χ1) is 13.1. The second-order valence-corrected chi connectivity index (χ2v) is 6.94. The van der Waals surface area contributed by atoms with E-state index >= 15 is 0 Å². The Morgan fingerprint density at radius 1 is 1.14 bits per heavy atom.